The smallest absolute Gasteiger partial charge is 0.252 e. The molecule has 1 N–H and O–H groups in total. The van der Waals surface area contributed by atoms with Crippen LogP contribution in [0.1, 0.15) is 40.3 Å². The monoisotopic (exact) mass is 443 g/mol. The first-order chi connectivity index (χ1) is 16.0. The van der Waals surface area contributed by atoms with E-state index in [4.69, 9.17) is 14.5 Å². The van der Waals surface area contributed by atoms with Gasteiger partial charge in [0.2, 0.25) is 0 Å². The third kappa shape index (κ3) is 5.00. The van der Waals surface area contributed by atoms with E-state index in [-0.39, 0.29) is 11.9 Å². The number of imidazole rings is 1. The molecule has 0 fully saturated rings. The molecule has 6 heteroatoms. The van der Waals surface area contributed by atoms with Crippen LogP contribution in [0.4, 0.5) is 0 Å². The highest BCUT2D eigenvalue weighted by atomic mass is 16.5. The maximum absolute atomic E-state index is 13.0. The number of methoxy groups -OCH3 is 1. The summed E-state index contributed by atoms with van der Waals surface area (Å²) in [6.45, 7) is 6.99. The molecule has 0 aliphatic carbocycles. The number of fused-ring (bicyclic) bond motifs is 1. The second-order valence-electron chi connectivity index (χ2n) is 8.15. The number of hydrogen-bond donors (Lipinski definition) is 1. The number of amides is 1. The molecule has 0 aliphatic rings. The molecule has 1 amide bonds. The SMILES string of the molecule is COc1cccc(OCCn2c(C(C)NC(=O)c3ccc(C)cc3C)nc3ccccc32)c1. The zero-order chi connectivity index (χ0) is 23.4. The Morgan fingerprint density at radius 2 is 1.82 bits per heavy atom. The second kappa shape index (κ2) is 9.77. The Bertz CT molecular complexity index is 1280. The summed E-state index contributed by atoms with van der Waals surface area (Å²) in [5, 5.41) is 3.12. The summed E-state index contributed by atoms with van der Waals surface area (Å²) < 4.78 is 13.3. The molecule has 1 aromatic heterocycles. The highest BCUT2D eigenvalue weighted by Gasteiger charge is 2.20. The lowest BCUT2D eigenvalue weighted by atomic mass is 10.0. The van der Waals surface area contributed by atoms with Gasteiger partial charge in [0.15, 0.2) is 0 Å². The summed E-state index contributed by atoms with van der Waals surface area (Å²) in [5.41, 5.74) is 4.67. The average molecular weight is 444 g/mol. The maximum atomic E-state index is 13.0. The minimum atomic E-state index is -0.276. The molecule has 3 aromatic carbocycles. The van der Waals surface area contributed by atoms with E-state index in [1.807, 2.05) is 87.5 Å². The fourth-order valence-corrected chi connectivity index (χ4v) is 4.01. The fraction of sp³-hybridized carbons (Fsp3) is 0.259. The number of para-hydroxylation sites is 2. The average Bonchev–Trinajstić information content (AvgIpc) is 3.18. The van der Waals surface area contributed by atoms with E-state index in [1.54, 1.807) is 7.11 Å². The summed E-state index contributed by atoms with van der Waals surface area (Å²) in [7, 11) is 1.64. The van der Waals surface area contributed by atoms with Gasteiger partial charge in [-0.2, -0.15) is 0 Å². The van der Waals surface area contributed by atoms with Crippen molar-refractivity contribution in [3.05, 3.63) is 89.2 Å². The lowest BCUT2D eigenvalue weighted by Crippen LogP contribution is -2.29. The maximum Gasteiger partial charge on any atom is 0.252 e. The van der Waals surface area contributed by atoms with E-state index in [0.29, 0.717) is 18.7 Å². The van der Waals surface area contributed by atoms with Crippen LogP contribution >= 0.6 is 0 Å². The van der Waals surface area contributed by atoms with E-state index in [2.05, 4.69) is 9.88 Å². The van der Waals surface area contributed by atoms with Gasteiger partial charge in [0, 0.05) is 11.6 Å². The molecule has 4 rings (SSSR count). The van der Waals surface area contributed by atoms with E-state index in [1.165, 1.54) is 0 Å². The third-order valence-corrected chi connectivity index (χ3v) is 5.67. The minimum absolute atomic E-state index is 0.105. The van der Waals surface area contributed by atoms with Crippen LogP contribution in [-0.4, -0.2) is 29.2 Å². The lowest BCUT2D eigenvalue weighted by molar-refractivity contribution is 0.0937. The van der Waals surface area contributed by atoms with Crippen LogP contribution in [0, 0.1) is 13.8 Å². The zero-order valence-corrected chi connectivity index (χ0v) is 19.5. The first-order valence-electron chi connectivity index (χ1n) is 11.1. The van der Waals surface area contributed by atoms with Crippen molar-refractivity contribution in [2.75, 3.05) is 13.7 Å². The third-order valence-electron chi connectivity index (χ3n) is 5.67. The van der Waals surface area contributed by atoms with Crippen LogP contribution in [0.15, 0.2) is 66.7 Å². The topological polar surface area (TPSA) is 65.4 Å². The molecular weight excluding hydrogens is 414 g/mol. The van der Waals surface area contributed by atoms with Gasteiger partial charge in [-0.1, -0.05) is 35.9 Å². The van der Waals surface area contributed by atoms with Crippen molar-refractivity contribution in [1.82, 2.24) is 14.9 Å². The number of hydrogen-bond acceptors (Lipinski definition) is 4. The molecule has 33 heavy (non-hydrogen) atoms. The number of nitrogens with one attached hydrogen (secondary N) is 1. The molecular formula is C27H29N3O3. The first-order valence-corrected chi connectivity index (χ1v) is 11.1. The Labute approximate surface area is 194 Å². The van der Waals surface area contributed by atoms with Gasteiger partial charge < -0.3 is 19.4 Å². The van der Waals surface area contributed by atoms with Crippen molar-refractivity contribution < 1.29 is 14.3 Å². The summed E-state index contributed by atoms with van der Waals surface area (Å²) in [4.78, 5) is 17.8. The number of benzene rings is 3. The highest BCUT2D eigenvalue weighted by Crippen LogP contribution is 2.23. The van der Waals surface area contributed by atoms with Crippen molar-refractivity contribution in [3.63, 3.8) is 0 Å². The molecule has 1 atom stereocenters. The molecule has 1 unspecified atom stereocenters. The van der Waals surface area contributed by atoms with E-state index >= 15 is 0 Å². The Morgan fingerprint density at radius 3 is 2.61 bits per heavy atom. The largest absolute Gasteiger partial charge is 0.497 e. The van der Waals surface area contributed by atoms with Gasteiger partial charge in [0.25, 0.3) is 5.91 Å². The zero-order valence-electron chi connectivity index (χ0n) is 19.5. The van der Waals surface area contributed by atoms with Gasteiger partial charge in [-0.25, -0.2) is 4.98 Å². The highest BCUT2D eigenvalue weighted by molar-refractivity contribution is 5.96. The molecule has 0 aliphatic heterocycles. The molecule has 170 valence electrons. The van der Waals surface area contributed by atoms with E-state index < -0.39 is 0 Å². The van der Waals surface area contributed by atoms with Crippen molar-refractivity contribution in [2.24, 2.45) is 0 Å². The normalized spacial score (nSPS) is 11.9. The quantitative estimate of drug-likeness (QED) is 0.405. The van der Waals surface area contributed by atoms with Crippen LogP contribution in [-0.2, 0) is 6.54 Å². The number of rotatable bonds is 8. The number of carbonyl (C=O) groups excluding carboxylic acids is 1. The standard InChI is InChI=1S/C27H29N3O3/c1-18-12-13-23(19(2)16-18)27(31)28-20(3)26-29-24-10-5-6-11-25(24)30(26)14-15-33-22-9-7-8-21(17-22)32-4/h5-13,16-17,20H,14-15H2,1-4H3,(H,28,31). The summed E-state index contributed by atoms with van der Waals surface area (Å²) in [6.07, 6.45) is 0. The summed E-state index contributed by atoms with van der Waals surface area (Å²) >= 11 is 0. The van der Waals surface area contributed by atoms with Crippen molar-refractivity contribution in [1.29, 1.82) is 0 Å². The molecule has 0 saturated heterocycles. The fourth-order valence-electron chi connectivity index (χ4n) is 4.01. The number of aryl methyl sites for hydroxylation is 2. The van der Waals surface area contributed by atoms with Gasteiger partial charge in [-0.3, -0.25) is 4.79 Å². The van der Waals surface area contributed by atoms with Crippen LogP contribution < -0.4 is 14.8 Å². The van der Waals surface area contributed by atoms with Crippen LogP contribution in [0.2, 0.25) is 0 Å². The predicted octanol–water partition coefficient (Wildman–Crippen LogP) is 5.23. The Hall–Kier alpha value is -3.80. The van der Waals surface area contributed by atoms with Gasteiger partial charge >= 0.3 is 0 Å². The summed E-state index contributed by atoms with van der Waals surface area (Å²) in [6, 6.07) is 21.1. The van der Waals surface area contributed by atoms with Gasteiger partial charge in [-0.05, 0) is 56.7 Å². The molecule has 6 nitrogen and oxygen atoms in total. The molecule has 0 bridgehead atoms. The number of nitrogens with zero attached hydrogens (tertiary/aromatic N) is 2. The van der Waals surface area contributed by atoms with Crippen molar-refractivity contribution in [3.8, 4) is 11.5 Å². The first kappa shape index (κ1) is 22.4. The molecule has 0 radical (unpaired) electrons. The Balaban J connectivity index is 1.54. The van der Waals surface area contributed by atoms with Crippen LogP contribution in [0.5, 0.6) is 11.5 Å². The number of aromatic nitrogens is 2. The number of carbonyl (C=O) groups is 1. The van der Waals surface area contributed by atoms with Crippen molar-refractivity contribution in [2.45, 2.75) is 33.4 Å². The number of ether oxygens (including phenoxy) is 2. The van der Waals surface area contributed by atoms with Gasteiger partial charge in [0.05, 0.1) is 30.7 Å². The van der Waals surface area contributed by atoms with Crippen LogP contribution in [0.25, 0.3) is 11.0 Å². The molecule has 0 saturated carbocycles. The van der Waals surface area contributed by atoms with Crippen molar-refractivity contribution >= 4 is 16.9 Å². The predicted molar refractivity (Wildman–Crippen MR) is 130 cm³/mol. The lowest BCUT2D eigenvalue weighted by Gasteiger charge is -2.17. The van der Waals surface area contributed by atoms with Gasteiger partial charge in [-0.15, -0.1) is 0 Å². The van der Waals surface area contributed by atoms with Gasteiger partial charge in [0.1, 0.15) is 23.9 Å². The Kier molecular flexibility index (Phi) is 6.63. The second-order valence-corrected chi connectivity index (χ2v) is 8.15. The molecule has 0 spiro atoms. The minimum Gasteiger partial charge on any atom is -0.497 e. The van der Waals surface area contributed by atoms with E-state index in [9.17, 15) is 4.79 Å². The molecule has 4 aromatic rings. The molecule has 1 heterocycles. The van der Waals surface area contributed by atoms with Crippen LogP contribution in [0.3, 0.4) is 0 Å². The summed E-state index contributed by atoms with van der Waals surface area (Å²) in [5.74, 6) is 2.19. The van der Waals surface area contributed by atoms with E-state index in [0.717, 1.165) is 39.5 Å². The Morgan fingerprint density at radius 1 is 1.03 bits per heavy atom.